The average Bonchev–Trinajstić information content (AvgIpc) is 2.35. The second-order valence-electron chi connectivity index (χ2n) is 4.54. The fourth-order valence-electron chi connectivity index (χ4n) is 1.94. The first-order chi connectivity index (χ1) is 8.06. The number of nitrogens with one attached hydrogen (secondary N) is 1. The molecule has 0 aliphatic rings. The monoisotopic (exact) mass is 252 g/mol. The molecule has 1 aromatic carbocycles. The smallest absolute Gasteiger partial charge is 0.0577 e. The van der Waals surface area contributed by atoms with Crippen LogP contribution in [0.1, 0.15) is 32.3 Å². The molecule has 0 bridgehead atoms. The van der Waals surface area contributed by atoms with Gasteiger partial charge in [0, 0.05) is 11.3 Å². The van der Waals surface area contributed by atoms with Crippen molar-refractivity contribution in [2.45, 2.75) is 38.4 Å². The first-order valence-corrected chi connectivity index (χ1v) is 7.44. The summed E-state index contributed by atoms with van der Waals surface area (Å²) >= 11 is 1.94. The van der Waals surface area contributed by atoms with E-state index in [1.807, 2.05) is 23.9 Å². The Morgan fingerprint density at radius 3 is 2.47 bits per heavy atom. The summed E-state index contributed by atoms with van der Waals surface area (Å²) in [5.74, 6) is 0. The van der Waals surface area contributed by atoms with Crippen LogP contribution in [0.15, 0.2) is 18.2 Å². The van der Waals surface area contributed by atoms with Crippen molar-refractivity contribution in [1.29, 1.82) is 0 Å². The van der Waals surface area contributed by atoms with Gasteiger partial charge in [-0.3, -0.25) is 0 Å². The van der Waals surface area contributed by atoms with Gasteiger partial charge in [0.25, 0.3) is 0 Å². The molecule has 0 radical (unpaired) electrons. The maximum atomic E-state index is 5.97. The minimum absolute atomic E-state index is 0.316. The summed E-state index contributed by atoms with van der Waals surface area (Å²) in [4.78, 5) is 0. The number of anilines is 2. The molecule has 0 saturated heterocycles. The van der Waals surface area contributed by atoms with E-state index in [0.717, 1.165) is 17.9 Å². The topological polar surface area (TPSA) is 38.0 Å². The van der Waals surface area contributed by atoms with E-state index in [1.54, 1.807) is 0 Å². The molecule has 1 rings (SSSR count). The van der Waals surface area contributed by atoms with Gasteiger partial charge in [0.2, 0.25) is 0 Å². The second kappa shape index (κ2) is 6.20. The predicted octanol–water partition coefficient (Wildman–Crippen LogP) is 3.91. The normalized spacial score (nSPS) is 11.5. The number of nitrogen functional groups attached to an aromatic ring is 1. The summed E-state index contributed by atoms with van der Waals surface area (Å²) in [5, 5.41) is 3.50. The van der Waals surface area contributed by atoms with Crippen molar-refractivity contribution in [3.63, 3.8) is 0 Å². The number of benzene rings is 1. The van der Waals surface area contributed by atoms with Crippen molar-refractivity contribution < 1.29 is 0 Å². The zero-order valence-electron chi connectivity index (χ0n) is 11.3. The Morgan fingerprint density at radius 1 is 1.29 bits per heavy atom. The highest BCUT2D eigenvalue weighted by Gasteiger charge is 2.24. The average molecular weight is 252 g/mol. The van der Waals surface area contributed by atoms with Gasteiger partial charge in [0.15, 0.2) is 0 Å². The van der Waals surface area contributed by atoms with Crippen molar-refractivity contribution >= 4 is 23.1 Å². The van der Waals surface area contributed by atoms with Crippen LogP contribution in [0.4, 0.5) is 11.4 Å². The van der Waals surface area contributed by atoms with Crippen molar-refractivity contribution in [1.82, 2.24) is 0 Å². The molecule has 0 spiro atoms. The van der Waals surface area contributed by atoms with E-state index in [1.165, 1.54) is 18.4 Å². The van der Waals surface area contributed by atoms with Gasteiger partial charge in [-0.1, -0.05) is 19.9 Å². The Balaban J connectivity index is 2.75. The fraction of sp³-hybridized carbons (Fsp3) is 0.571. The Kier molecular flexibility index (Phi) is 5.19. The number of thioether (sulfide) groups is 1. The lowest BCUT2D eigenvalue weighted by Gasteiger charge is -2.30. The highest BCUT2D eigenvalue weighted by atomic mass is 32.2. The van der Waals surface area contributed by atoms with Crippen LogP contribution in [0.2, 0.25) is 0 Å². The molecule has 0 fully saturated rings. The molecule has 17 heavy (non-hydrogen) atoms. The first kappa shape index (κ1) is 14.2. The molecule has 2 nitrogen and oxygen atoms in total. The van der Waals surface area contributed by atoms with Gasteiger partial charge in [0.1, 0.15) is 0 Å². The molecule has 0 heterocycles. The van der Waals surface area contributed by atoms with Crippen molar-refractivity contribution in [3.8, 4) is 0 Å². The highest BCUT2D eigenvalue weighted by Crippen LogP contribution is 2.31. The van der Waals surface area contributed by atoms with E-state index in [2.05, 4.69) is 38.4 Å². The van der Waals surface area contributed by atoms with Crippen LogP contribution in [0.5, 0.6) is 0 Å². The van der Waals surface area contributed by atoms with Crippen molar-refractivity contribution in [3.05, 3.63) is 23.8 Å². The predicted molar refractivity (Wildman–Crippen MR) is 80.9 cm³/mol. The summed E-state index contributed by atoms with van der Waals surface area (Å²) in [6.07, 6.45) is 4.53. The number of hydrogen-bond acceptors (Lipinski definition) is 3. The first-order valence-electron chi connectivity index (χ1n) is 6.22. The van der Waals surface area contributed by atoms with Gasteiger partial charge in [-0.05, 0) is 43.7 Å². The van der Waals surface area contributed by atoms with E-state index in [0.29, 0.717) is 4.75 Å². The van der Waals surface area contributed by atoms with Gasteiger partial charge >= 0.3 is 0 Å². The van der Waals surface area contributed by atoms with Crippen LogP contribution in [-0.4, -0.2) is 17.5 Å². The summed E-state index contributed by atoms with van der Waals surface area (Å²) in [7, 11) is 0. The standard InChI is InChI=1S/C14H24N2S/c1-5-14(6-2,17-4)10-16-13-9-11(3)7-8-12(13)15/h7-9,16H,5-6,10,15H2,1-4H3. The molecule has 0 aliphatic carbocycles. The largest absolute Gasteiger partial charge is 0.397 e. The SMILES string of the molecule is CCC(CC)(CNc1cc(C)ccc1N)SC. The Hall–Kier alpha value is -0.830. The summed E-state index contributed by atoms with van der Waals surface area (Å²) < 4.78 is 0.316. The van der Waals surface area contributed by atoms with E-state index in [4.69, 9.17) is 5.73 Å². The minimum Gasteiger partial charge on any atom is -0.397 e. The Labute approximate surface area is 109 Å². The van der Waals surface area contributed by atoms with Crippen LogP contribution in [0, 0.1) is 6.92 Å². The van der Waals surface area contributed by atoms with Crippen LogP contribution in [-0.2, 0) is 0 Å². The quantitative estimate of drug-likeness (QED) is 0.754. The van der Waals surface area contributed by atoms with Gasteiger partial charge in [-0.2, -0.15) is 11.8 Å². The molecule has 0 amide bonds. The number of aryl methyl sites for hydroxylation is 1. The lowest BCUT2D eigenvalue weighted by Crippen LogP contribution is -2.32. The van der Waals surface area contributed by atoms with Crippen molar-refractivity contribution in [2.24, 2.45) is 0 Å². The molecule has 0 atom stereocenters. The molecule has 3 heteroatoms. The van der Waals surface area contributed by atoms with E-state index < -0.39 is 0 Å². The lowest BCUT2D eigenvalue weighted by atomic mass is 10.0. The number of hydrogen-bond donors (Lipinski definition) is 2. The highest BCUT2D eigenvalue weighted by molar-refractivity contribution is 8.00. The third-order valence-corrected chi connectivity index (χ3v) is 5.12. The summed E-state index contributed by atoms with van der Waals surface area (Å²) in [6, 6.07) is 6.13. The van der Waals surface area contributed by atoms with Crippen LogP contribution in [0.3, 0.4) is 0 Å². The zero-order chi connectivity index (χ0) is 12.9. The third-order valence-electron chi connectivity index (χ3n) is 3.53. The summed E-state index contributed by atoms with van der Waals surface area (Å²) in [5.41, 5.74) is 9.11. The fourth-order valence-corrected chi connectivity index (χ4v) is 2.73. The molecule has 0 unspecified atom stereocenters. The molecule has 0 saturated carbocycles. The van der Waals surface area contributed by atoms with E-state index in [-0.39, 0.29) is 0 Å². The third kappa shape index (κ3) is 3.56. The number of rotatable bonds is 6. The molecule has 3 N–H and O–H groups in total. The molecule has 96 valence electrons. The van der Waals surface area contributed by atoms with Gasteiger partial charge in [-0.15, -0.1) is 0 Å². The molecule has 0 aromatic heterocycles. The molecular formula is C14H24N2S. The maximum Gasteiger partial charge on any atom is 0.0577 e. The second-order valence-corrected chi connectivity index (χ2v) is 5.81. The van der Waals surface area contributed by atoms with Crippen LogP contribution < -0.4 is 11.1 Å². The van der Waals surface area contributed by atoms with Gasteiger partial charge in [-0.25, -0.2) is 0 Å². The summed E-state index contributed by atoms with van der Waals surface area (Å²) in [6.45, 7) is 7.56. The van der Waals surface area contributed by atoms with E-state index >= 15 is 0 Å². The van der Waals surface area contributed by atoms with Crippen LogP contribution in [0.25, 0.3) is 0 Å². The zero-order valence-corrected chi connectivity index (χ0v) is 12.2. The van der Waals surface area contributed by atoms with E-state index in [9.17, 15) is 0 Å². The Morgan fingerprint density at radius 2 is 1.94 bits per heavy atom. The number of nitrogens with two attached hydrogens (primary N) is 1. The Bertz CT molecular complexity index is 351. The molecule has 1 aromatic rings. The molecular weight excluding hydrogens is 228 g/mol. The maximum absolute atomic E-state index is 5.97. The van der Waals surface area contributed by atoms with Gasteiger partial charge in [0.05, 0.1) is 11.4 Å². The van der Waals surface area contributed by atoms with Gasteiger partial charge < -0.3 is 11.1 Å². The van der Waals surface area contributed by atoms with Crippen molar-refractivity contribution in [2.75, 3.05) is 23.9 Å². The molecule has 0 aliphatic heterocycles. The van der Waals surface area contributed by atoms with Crippen LogP contribution >= 0.6 is 11.8 Å². The minimum atomic E-state index is 0.316. The lowest BCUT2D eigenvalue weighted by molar-refractivity contribution is 0.575.